The molecule has 11 rings (SSSR count). The topological polar surface area (TPSA) is 51.8 Å². The van der Waals surface area contributed by atoms with E-state index in [1.54, 1.807) is 0 Å². The quantitative estimate of drug-likeness (QED) is 0.174. The molecule has 0 aliphatic carbocycles. The van der Waals surface area contributed by atoms with Crippen molar-refractivity contribution in [3.63, 3.8) is 0 Å². The summed E-state index contributed by atoms with van der Waals surface area (Å²) in [5, 5.41) is 11.7. The average molecular weight is 676 g/mol. The SMILES string of the molecule is c1ccc(-c2nc(-c3ccc4ccccc4c3)nc(-c3cccc4oc5ccc(-c6cc7c8ccccc8ccc7c7ccccc67)cc5c34)n2)cc1. The van der Waals surface area contributed by atoms with Crippen LogP contribution in [0.3, 0.4) is 0 Å². The standard InChI is InChI=1S/C49H29N3O/c1-2-13-32(14-3-1)47-50-48(35-22-21-30-11-4-5-15-33(30)27-35)52-49(51-47)40-19-10-20-45-46(40)43-28-34(24-26-44(43)53-45)41-29-42-36-16-7-6-12-31(36)23-25-39(42)37-17-8-9-18-38(37)41/h1-29H. The maximum absolute atomic E-state index is 6.53. The molecule has 0 fully saturated rings. The molecular weight excluding hydrogens is 647 g/mol. The van der Waals surface area contributed by atoms with Crippen molar-refractivity contribution in [3.05, 3.63) is 176 Å². The first-order valence-electron chi connectivity index (χ1n) is 17.9. The lowest BCUT2D eigenvalue weighted by molar-refractivity contribution is 0.669. The van der Waals surface area contributed by atoms with E-state index in [4.69, 9.17) is 19.4 Å². The number of aromatic nitrogens is 3. The molecule has 0 saturated carbocycles. The second-order valence-corrected chi connectivity index (χ2v) is 13.6. The lowest BCUT2D eigenvalue weighted by Crippen LogP contribution is -2.00. The van der Waals surface area contributed by atoms with Crippen LogP contribution in [0.25, 0.3) is 110 Å². The van der Waals surface area contributed by atoms with E-state index >= 15 is 0 Å². The Labute approximate surface area is 304 Å². The highest BCUT2D eigenvalue weighted by Crippen LogP contribution is 2.42. The maximum atomic E-state index is 6.53. The van der Waals surface area contributed by atoms with E-state index in [0.717, 1.165) is 49.6 Å². The number of fused-ring (bicyclic) bond motifs is 9. The van der Waals surface area contributed by atoms with Crippen molar-refractivity contribution in [2.45, 2.75) is 0 Å². The number of benzene rings is 9. The molecular formula is C49H29N3O. The smallest absolute Gasteiger partial charge is 0.164 e. The molecule has 4 nitrogen and oxygen atoms in total. The first kappa shape index (κ1) is 29.5. The van der Waals surface area contributed by atoms with E-state index in [1.807, 2.05) is 42.5 Å². The highest BCUT2D eigenvalue weighted by Gasteiger charge is 2.19. The number of nitrogens with zero attached hydrogens (tertiary/aromatic N) is 3. The number of hydrogen-bond donors (Lipinski definition) is 0. The molecule has 0 radical (unpaired) electrons. The van der Waals surface area contributed by atoms with Gasteiger partial charge < -0.3 is 4.42 Å². The molecule has 9 aromatic carbocycles. The summed E-state index contributed by atoms with van der Waals surface area (Å²) in [6, 6.07) is 61.7. The Morgan fingerprint density at radius 1 is 0.302 bits per heavy atom. The van der Waals surface area contributed by atoms with E-state index < -0.39 is 0 Å². The lowest BCUT2D eigenvalue weighted by atomic mass is 9.90. The van der Waals surface area contributed by atoms with Gasteiger partial charge in [-0.25, -0.2) is 15.0 Å². The molecule has 0 amide bonds. The van der Waals surface area contributed by atoms with Gasteiger partial charge in [-0.3, -0.25) is 0 Å². The molecule has 0 spiro atoms. The van der Waals surface area contributed by atoms with Crippen LogP contribution >= 0.6 is 0 Å². The average Bonchev–Trinajstić information content (AvgIpc) is 3.61. The Balaban J connectivity index is 1.15. The Bertz CT molecular complexity index is 3240. The summed E-state index contributed by atoms with van der Waals surface area (Å²) in [6.07, 6.45) is 0. The summed E-state index contributed by atoms with van der Waals surface area (Å²) in [6.45, 7) is 0. The van der Waals surface area contributed by atoms with Gasteiger partial charge in [0.05, 0.1) is 0 Å². The van der Waals surface area contributed by atoms with Gasteiger partial charge in [0, 0.05) is 27.5 Å². The van der Waals surface area contributed by atoms with Crippen LogP contribution < -0.4 is 0 Å². The molecule has 53 heavy (non-hydrogen) atoms. The van der Waals surface area contributed by atoms with Crippen LogP contribution in [0, 0.1) is 0 Å². The zero-order valence-corrected chi connectivity index (χ0v) is 28.5. The van der Waals surface area contributed by atoms with Crippen molar-refractivity contribution in [2.24, 2.45) is 0 Å². The van der Waals surface area contributed by atoms with Gasteiger partial charge in [-0.15, -0.1) is 0 Å². The van der Waals surface area contributed by atoms with E-state index in [2.05, 4.69) is 133 Å². The fraction of sp³-hybridized carbons (Fsp3) is 0. The number of hydrogen-bond acceptors (Lipinski definition) is 4. The van der Waals surface area contributed by atoms with Crippen molar-refractivity contribution >= 4 is 65.0 Å². The summed E-state index contributed by atoms with van der Waals surface area (Å²) in [4.78, 5) is 15.3. The van der Waals surface area contributed by atoms with Gasteiger partial charge in [0.2, 0.25) is 0 Å². The van der Waals surface area contributed by atoms with E-state index in [-0.39, 0.29) is 0 Å². The van der Waals surface area contributed by atoms with Gasteiger partial charge in [-0.2, -0.15) is 0 Å². The van der Waals surface area contributed by atoms with Crippen molar-refractivity contribution in [1.82, 2.24) is 15.0 Å². The normalized spacial score (nSPS) is 11.8. The van der Waals surface area contributed by atoms with Crippen LogP contribution in [0.2, 0.25) is 0 Å². The van der Waals surface area contributed by atoms with Crippen molar-refractivity contribution in [1.29, 1.82) is 0 Å². The zero-order chi connectivity index (χ0) is 34.9. The Hall–Kier alpha value is -7.17. The van der Waals surface area contributed by atoms with Gasteiger partial charge >= 0.3 is 0 Å². The van der Waals surface area contributed by atoms with Crippen LogP contribution in [0.15, 0.2) is 180 Å². The Morgan fingerprint density at radius 2 is 0.962 bits per heavy atom. The largest absolute Gasteiger partial charge is 0.456 e. The minimum atomic E-state index is 0.600. The highest BCUT2D eigenvalue weighted by molar-refractivity contribution is 6.21. The predicted molar refractivity (Wildman–Crippen MR) is 219 cm³/mol. The summed E-state index contributed by atoms with van der Waals surface area (Å²) in [5.41, 5.74) is 6.68. The molecule has 0 aliphatic rings. The van der Waals surface area contributed by atoms with Crippen LogP contribution in [0.5, 0.6) is 0 Å². The third kappa shape index (κ3) is 4.80. The molecule has 0 saturated heterocycles. The van der Waals surface area contributed by atoms with Gasteiger partial charge in [0.25, 0.3) is 0 Å². The molecule has 0 aliphatic heterocycles. The summed E-state index contributed by atoms with van der Waals surface area (Å²) >= 11 is 0. The second-order valence-electron chi connectivity index (χ2n) is 13.6. The molecule has 0 N–H and O–H groups in total. The molecule has 0 unspecified atom stereocenters. The van der Waals surface area contributed by atoms with Gasteiger partial charge in [-0.05, 0) is 84.5 Å². The van der Waals surface area contributed by atoms with E-state index in [9.17, 15) is 0 Å². The third-order valence-electron chi connectivity index (χ3n) is 10.5. The van der Waals surface area contributed by atoms with Crippen molar-refractivity contribution in [2.75, 3.05) is 0 Å². The molecule has 246 valence electrons. The Morgan fingerprint density at radius 3 is 1.83 bits per heavy atom. The first-order valence-corrected chi connectivity index (χ1v) is 17.9. The highest BCUT2D eigenvalue weighted by atomic mass is 16.3. The fourth-order valence-electron chi connectivity index (χ4n) is 7.95. The van der Waals surface area contributed by atoms with E-state index in [1.165, 1.54) is 43.3 Å². The maximum Gasteiger partial charge on any atom is 0.164 e. The van der Waals surface area contributed by atoms with Gasteiger partial charge in [0.15, 0.2) is 17.5 Å². The van der Waals surface area contributed by atoms with Gasteiger partial charge in [0.1, 0.15) is 11.2 Å². The zero-order valence-electron chi connectivity index (χ0n) is 28.5. The molecule has 0 atom stereocenters. The van der Waals surface area contributed by atoms with Gasteiger partial charge in [-0.1, -0.05) is 146 Å². The molecule has 4 heteroatoms. The van der Waals surface area contributed by atoms with Crippen LogP contribution in [-0.2, 0) is 0 Å². The van der Waals surface area contributed by atoms with Crippen LogP contribution in [-0.4, -0.2) is 15.0 Å². The first-order chi connectivity index (χ1) is 26.2. The minimum Gasteiger partial charge on any atom is -0.456 e. The number of rotatable bonds is 4. The van der Waals surface area contributed by atoms with Crippen molar-refractivity contribution in [3.8, 4) is 45.3 Å². The third-order valence-corrected chi connectivity index (χ3v) is 10.5. The minimum absolute atomic E-state index is 0.600. The van der Waals surface area contributed by atoms with Crippen LogP contribution in [0.4, 0.5) is 0 Å². The van der Waals surface area contributed by atoms with Crippen LogP contribution in [0.1, 0.15) is 0 Å². The predicted octanol–water partition coefficient (Wildman–Crippen LogP) is 13.1. The summed E-state index contributed by atoms with van der Waals surface area (Å²) in [7, 11) is 0. The van der Waals surface area contributed by atoms with Crippen molar-refractivity contribution < 1.29 is 4.42 Å². The number of furan rings is 1. The second kappa shape index (κ2) is 11.7. The molecule has 0 bridgehead atoms. The van der Waals surface area contributed by atoms with E-state index in [0.29, 0.717) is 17.5 Å². The lowest BCUT2D eigenvalue weighted by Gasteiger charge is -2.13. The monoisotopic (exact) mass is 675 g/mol. The Kier molecular flexibility index (Phi) is 6.52. The summed E-state index contributed by atoms with van der Waals surface area (Å²) in [5.74, 6) is 1.85. The molecule has 2 aromatic heterocycles. The summed E-state index contributed by atoms with van der Waals surface area (Å²) < 4.78 is 6.53. The molecule has 11 aromatic rings. The molecule has 2 heterocycles. The fourth-order valence-corrected chi connectivity index (χ4v) is 7.95.